The fourth-order valence-corrected chi connectivity index (χ4v) is 3.87. The zero-order valence-electron chi connectivity index (χ0n) is 11.8. The zero-order chi connectivity index (χ0) is 14.1. The van der Waals surface area contributed by atoms with E-state index >= 15 is 0 Å². The summed E-state index contributed by atoms with van der Waals surface area (Å²) in [4.78, 5) is 14.8. The maximum absolute atomic E-state index is 12.2. The molecule has 0 saturated carbocycles. The van der Waals surface area contributed by atoms with E-state index in [4.69, 9.17) is 5.73 Å². The first kappa shape index (κ1) is 13.6. The highest BCUT2D eigenvalue weighted by Crippen LogP contribution is 2.27. The van der Waals surface area contributed by atoms with Gasteiger partial charge in [-0.05, 0) is 43.4 Å². The second-order valence-electron chi connectivity index (χ2n) is 5.38. The zero-order valence-corrected chi connectivity index (χ0v) is 12.6. The molecule has 0 spiro atoms. The van der Waals surface area contributed by atoms with Crippen LogP contribution in [0, 0.1) is 0 Å². The van der Waals surface area contributed by atoms with Gasteiger partial charge in [0.05, 0.1) is 6.54 Å². The van der Waals surface area contributed by atoms with E-state index in [-0.39, 0.29) is 11.6 Å². The predicted molar refractivity (Wildman–Crippen MR) is 83.4 cm³/mol. The molecule has 20 heavy (non-hydrogen) atoms. The molecule has 3 nitrogen and oxygen atoms in total. The number of thiophene rings is 1. The minimum Gasteiger partial charge on any atom is -0.324 e. The van der Waals surface area contributed by atoms with E-state index < -0.39 is 0 Å². The molecule has 1 aliphatic carbocycles. The average Bonchev–Trinajstić information content (AvgIpc) is 2.90. The highest BCUT2D eigenvalue weighted by molar-refractivity contribution is 7.11. The number of nitrogens with two attached hydrogens (primary N) is 1. The number of hydrogen-bond donors (Lipinski definition) is 1. The van der Waals surface area contributed by atoms with E-state index in [9.17, 15) is 4.79 Å². The summed E-state index contributed by atoms with van der Waals surface area (Å²) in [5, 5.41) is 0. The van der Waals surface area contributed by atoms with Crippen LogP contribution in [-0.4, -0.2) is 4.57 Å². The third kappa shape index (κ3) is 2.45. The van der Waals surface area contributed by atoms with E-state index in [0.717, 1.165) is 36.9 Å². The van der Waals surface area contributed by atoms with Gasteiger partial charge in [0.2, 0.25) is 0 Å². The molecule has 2 aromatic heterocycles. The lowest BCUT2D eigenvalue weighted by molar-refractivity contribution is 0.530. The van der Waals surface area contributed by atoms with Gasteiger partial charge < -0.3 is 10.3 Å². The number of nitrogens with zero attached hydrogens (tertiary/aromatic N) is 1. The van der Waals surface area contributed by atoms with Crippen LogP contribution in [0.5, 0.6) is 0 Å². The molecule has 2 aromatic rings. The molecular weight excluding hydrogens is 268 g/mol. The standard InChI is InChI=1S/C16H20N2OS/c1-2-11-6-7-12(20-11)10-18-15-5-3-4-14(17)13(15)8-9-16(18)19/h6-9,14H,2-5,10,17H2,1H3. The van der Waals surface area contributed by atoms with E-state index in [0.29, 0.717) is 6.54 Å². The van der Waals surface area contributed by atoms with Gasteiger partial charge in [0.1, 0.15) is 0 Å². The van der Waals surface area contributed by atoms with Crippen LogP contribution in [0.3, 0.4) is 0 Å². The molecule has 2 heterocycles. The van der Waals surface area contributed by atoms with Crippen molar-refractivity contribution in [1.82, 2.24) is 4.57 Å². The molecule has 0 saturated heterocycles. The Hall–Kier alpha value is -1.39. The number of pyridine rings is 1. The smallest absolute Gasteiger partial charge is 0.251 e. The Kier molecular flexibility index (Phi) is 3.76. The SMILES string of the molecule is CCc1ccc(Cn2c3c(ccc2=O)C(N)CCC3)s1. The van der Waals surface area contributed by atoms with Crippen LogP contribution in [0.1, 0.15) is 46.8 Å². The summed E-state index contributed by atoms with van der Waals surface area (Å²) >= 11 is 1.80. The van der Waals surface area contributed by atoms with Gasteiger partial charge in [0, 0.05) is 27.6 Å². The Morgan fingerprint density at radius 3 is 2.85 bits per heavy atom. The topological polar surface area (TPSA) is 48.0 Å². The minimum absolute atomic E-state index is 0.0835. The Bertz CT molecular complexity index is 671. The first-order valence-electron chi connectivity index (χ1n) is 7.25. The van der Waals surface area contributed by atoms with Crippen molar-refractivity contribution >= 4 is 11.3 Å². The number of fused-ring (bicyclic) bond motifs is 1. The third-order valence-corrected chi connectivity index (χ3v) is 5.25. The first-order chi connectivity index (χ1) is 9.69. The molecule has 0 radical (unpaired) electrons. The molecule has 4 heteroatoms. The van der Waals surface area contributed by atoms with Gasteiger partial charge in [-0.2, -0.15) is 0 Å². The van der Waals surface area contributed by atoms with Crippen molar-refractivity contribution in [2.75, 3.05) is 0 Å². The largest absolute Gasteiger partial charge is 0.324 e. The Morgan fingerprint density at radius 1 is 1.30 bits per heavy atom. The molecule has 106 valence electrons. The van der Waals surface area contributed by atoms with Gasteiger partial charge >= 0.3 is 0 Å². The summed E-state index contributed by atoms with van der Waals surface area (Å²) in [6, 6.07) is 7.96. The number of rotatable bonds is 3. The third-order valence-electron chi connectivity index (χ3n) is 4.04. The fraction of sp³-hybridized carbons (Fsp3) is 0.438. The van der Waals surface area contributed by atoms with E-state index in [2.05, 4.69) is 19.1 Å². The molecular formula is C16H20N2OS. The Morgan fingerprint density at radius 2 is 2.10 bits per heavy atom. The van der Waals surface area contributed by atoms with Crippen molar-refractivity contribution in [1.29, 1.82) is 0 Å². The maximum atomic E-state index is 12.2. The van der Waals surface area contributed by atoms with Gasteiger partial charge in [-0.15, -0.1) is 11.3 Å². The van der Waals surface area contributed by atoms with Crippen LogP contribution in [0.25, 0.3) is 0 Å². The summed E-state index contributed by atoms with van der Waals surface area (Å²) in [5.41, 5.74) is 8.56. The molecule has 1 unspecified atom stereocenters. The number of hydrogen-bond acceptors (Lipinski definition) is 3. The highest BCUT2D eigenvalue weighted by Gasteiger charge is 2.20. The summed E-state index contributed by atoms with van der Waals surface area (Å²) in [6.07, 6.45) is 4.11. The molecule has 2 N–H and O–H groups in total. The molecule has 0 fully saturated rings. The van der Waals surface area contributed by atoms with Crippen LogP contribution in [0.15, 0.2) is 29.1 Å². The summed E-state index contributed by atoms with van der Waals surface area (Å²) < 4.78 is 1.92. The number of aryl methyl sites for hydroxylation is 1. The minimum atomic E-state index is 0.0835. The lowest BCUT2D eigenvalue weighted by atomic mass is 9.91. The summed E-state index contributed by atoms with van der Waals surface area (Å²) in [5.74, 6) is 0. The Labute approximate surface area is 123 Å². The average molecular weight is 288 g/mol. The van der Waals surface area contributed by atoms with Crippen LogP contribution < -0.4 is 11.3 Å². The number of aromatic nitrogens is 1. The van der Waals surface area contributed by atoms with Crippen LogP contribution in [-0.2, 0) is 19.4 Å². The predicted octanol–water partition coefficient (Wildman–Crippen LogP) is 2.86. The molecule has 0 aliphatic heterocycles. The highest BCUT2D eigenvalue weighted by atomic mass is 32.1. The van der Waals surface area contributed by atoms with Crippen LogP contribution in [0.4, 0.5) is 0 Å². The quantitative estimate of drug-likeness (QED) is 0.944. The van der Waals surface area contributed by atoms with E-state index in [1.165, 1.54) is 9.75 Å². The van der Waals surface area contributed by atoms with Crippen molar-refractivity contribution < 1.29 is 0 Å². The molecule has 0 bridgehead atoms. The molecule has 3 rings (SSSR count). The van der Waals surface area contributed by atoms with Gasteiger partial charge in [-0.1, -0.05) is 13.0 Å². The monoisotopic (exact) mass is 288 g/mol. The van der Waals surface area contributed by atoms with Crippen molar-refractivity contribution in [3.63, 3.8) is 0 Å². The lowest BCUT2D eigenvalue weighted by Gasteiger charge is -2.25. The molecule has 0 aromatic carbocycles. The molecule has 1 atom stereocenters. The maximum Gasteiger partial charge on any atom is 0.251 e. The first-order valence-corrected chi connectivity index (χ1v) is 8.06. The van der Waals surface area contributed by atoms with Crippen LogP contribution >= 0.6 is 11.3 Å². The van der Waals surface area contributed by atoms with E-state index in [1.54, 1.807) is 17.4 Å². The van der Waals surface area contributed by atoms with Crippen molar-refractivity contribution in [2.24, 2.45) is 5.73 Å². The molecule has 1 aliphatic rings. The second kappa shape index (κ2) is 5.54. The fourth-order valence-electron chi connectivity index (χ4n) is 2.92. The second-order valence-corrected chi connectivity index (χ2v) is 6.63. The normalized spacial score (nSPS) is 18.0. The van der Waals surface area contributed by atoms with Gasteiger partial charge in [-0.3, -0.25) is 4.79 Å². The molecule has 0 amide bonds. The Balaban J connectivity index is 2.00. The van der Waals surface area contributed by atoms with Crippen molar-refractivity contribution in [3.05, 3.63) is 55.6 Å². The summed E-state index contributed by atoms with van der Waals surface area (Å²) in [6.45, 7) is 2.84. The van der Waals surface area contributed by atoms with Crippen LogP contribution in [0.2, 0.25) is 0 Å². The van der Waals surface area contributed by atoms with Crippen molar-refractivity contribution in [2.45, 2.75) is 45.2 Å². The summed E-state index contributed by atoms with van der Waals surface area (Å²) in [7, 11) is 0. The van der Waals surface area contributed by atoms with Crippen molar-refractivity contribution in [3.8, 4) is 0 Å². The lowest BCUT2D eigenvalue weighted by Crippen LogP contribution is -2.29. The van der Waals surface area contributed by atoms with Gasteiger partial charge in [-0.25, -0.2) is 0 Å². The van der Waals surface area contributed by atoms with Gasteiger partial charge in [0.25, 0.3) is 5.56 Å². The van der Waals surface area contributed by atoms with E-state index in [1.807, 2.05) is 10.6 Å². The van der Waals surface area contributed by atoms with Gasteiger partial charge in [0.15, 0.2) is 0 Å².